The highest BCUT2D eigenvalue weighted by Gasteiger charge is 2.33. The second-order valence-electron chi connectivity index (χ2n) is 4.89. The smallest absolute Gasteiger partial charge is 0.272 e. The molecule has 1 atom stereocenters. The number of hydrogen-bond donors (Lipinski definition) is 1. The van der Waals surface area contributed by atoms with E-state index < -0.39 is 0 Å². The number of aryl methyl sites for hydroxylation is 1. The van der Waals surface area contributed by atoms with Crippen molar-refractivity contribution in [1.82, 2.24) is 0 Å². The zero-order valence-corrected chi connectivity index (χ0v) is 10.3. The van der Waals surface area contributed by atoms with Gasteiger partial charge in [-0.25, -0.2) is 0 Å². The van der Waals surface area contributed by atoms with Crippen LogP contribution in [0.2, 0.25) is 0 Å². The molecular formula is C13H18N2O3. The third-order valence-electron chi connectivity index (χ3n) is 3.73. The van der Waals surface area contributed by atoms with Crippen molar-refractivity contribution in [1.29, 1.82) is 0 Å². The maximum atomic E-state index is 10.9. The lowest BCUT2D eigenvalue weighted by Gasteiger charge is -2.25. The summed E-state index contributed by atoms with van der Waals surface area (Å²) in [5, 5.41) is 10.9. The van der Waals surface area contributed by atoms with E-state index in [0.717, 1.165) is 25.0 Å². The normalized spacial score (nSPS) is 23.2. The molecule has 1 aromatic rings. The molecule has 2 rings (SSSR count). The predicted octanol–water partition coefficient (Wildman–Crippen LogP) is 1.89. The van der Waals surface area contributed by atoms with Crippen molar-refractivity contribution in [2.45, 2.75) is 19.3 Å². The van der Waals surface area contributed by atoms with Gasteiger partial charge in [-0.05, 0) is 19.3 Å². The summed E-state index contributed by atoms with van der Waals surface area (Å²) in [6, 6.07) is 6.90. The van der Waals surface area contributed by atoms with E-state index in [2.05, 4.69) is 0 Å². The minimum atomic E-state index is -0.324. The van der Waals surface area contributed by atoms with Gasteiger partial charge in [0.05, 0.1) is 11.5 Å². The molecule has 1 unspecified atom stereocenters. The van der Waals surface area contributed by atoms with Gasteiger partial charge in [0.15, 0.2) is 0 Å². The zero-order chi connectivity index (χ0) is 13.0. The Morgan fingerprint density at radius 3 is 2.83 bits per heavy atom. The molecule has 1 aliphatic rings. The summed E-state index contributed by atoms with van der Waals surface area (Å²) in [6.07, 6.45) is 2.47. The summed E-state index contributed by atoms with van der Waals surface area (Å²) >= 11 is 0. The summed E-state index contributed by atoms with van der Waals surface area (Å²) in [4.78, 5) is 10.6. The maximum absolute atomic E-state index is 10.9. The molecule has 5 nitrogen and oxygen atoms in total. The first kappa shape index (κ1) is 13.0. The molecule has 18 heavy (non-hydrogen) atoms. The van der Waals surface area contributed by atoms with E-state index in [9.17, 15) is 10.1 Å². The Balaban J connectivity index is 2.08. The zero-order valence-electron chi connectivity index (χ0n) is 10.3. The number of para-hydroxylation sites is 1. The molecule has 1 aromatic carbocycles. The molecule has 0 aromatic heterocycles. The van der Waals surface area contributed by atoms with Crippen molar-refractivity contribution in [2.75, 3.05) is 19.8 Å². The van der Waals surface area contributed by atoms with Crippen molar-refractivity contribution in [3.8, 4) is 0 Å². The minimum absolute atomic E-state index is 0.00368. The van der Waals surface area contributed by atoms with Gasteiger partial charge in [0.25, 0.3) is 5.69 Å². The number of rotatable bonds is 5. The van der Waals surface area contributed by atoms with Crippen LogP contribution in [0.5, 0.6) is 0 Å². The number of ether oxygens (including phenoxy) is 1. The molecule has 0 aliphatic carbocycles. The van der Waals surface area contributed by atoms with Gasteiger partial charge in [-0.3, -0.25) is 10.1 Å². The Kier molecular flexibility index (Phi) is 3.93. The van der Waals surface area contributed by atoms with Gasteiger partial charge in [-0.15, -0.1) is 0 Å². The van der Waals surface area contributed by atoms with Crippen LogP contribution in [0.3, 0.4) is 0 Å². The molecule has 0 amide bonds. The number of nitrogens with two attached hydrogens (primary N) is 1. The first-order chi connectivity index (χ1) is 8.67. The topological polar surface area (TPSA) is 78.4 Å². The largest absolute Gasteiger partial charge is 0.381 e. The van der Waals surface area contributed by atoms with Crippen molar-refractivity contribution in [3.63, 3.8) is 0 Å². The number of nitro benzene ring substituents is 1. The molecule has 0 bridgehead atoms. The van der Waals surface area contributed by atoms with E-state index in [1.54, 1.807) is 12.1 Å². The SMILES string of the molecule is NCC1(CCc2ccccc2[N+](=O)[O-])CCOC1. The Morgan fingerprint density at radius 2 is 2.22 bits per heavy atom. The van der Waals surface area contributed by atoms with Crippen LogP contribution in [0, 0.1) is 15.5 Å². The first-order valence-corrected chi connectivity index (χ1v) is 6.17. The van der Waals surface area contributed by atoms with Crippen LogP contribution in [-0.2, 0) is 11.2 Å². The van der Waals surface area contributed by atoms with Crippen LogP contribution in [0.15, 0.2) is 24.3 Å². The lowest BCUT2D eigenvalue weighted by Crippen LogP contribution is -2.31. The highest BCUT2D eigenvalue weighted by atomic mass is 16.6. The van der Waals surface area contributed by atoms with Gasteiger partial charge in [-0.1, -0.05) is 18.2 Å². The van der Waals surface area contributed by atoms with Gasteiger partial charge in [-0.2, -0.15) is 0 Å². The molecule has 1 saturated heterocycles. The lowest BCUT2D eigenvalue weighted by atomic mass is 9.81. The molecule has 5 heteroatoms. The van der Waals surface area contributed by atoms with E-state index in [1.807, 2.05) is 12.1 Å². The van der Waals surface area contributed by atoms with Crippen molar-refractivity contribution in [2.24, 2.45) is 11.1 Å². The molecule has 1 fully saturated rings. The minimum Gasteiger partial charge on any atom is -0.381 e. The van der Waals surface area contributed by atoms with E-state index >= 15 is 0 Å². The van der Waals surface area contributed by atoms with Crippen molar-refractivity contribution < 1.29 is 9.66 Å². The molecule has 1 aliphatic heterocycles. The van der Waals surface area contributed by atoms with E-state index in [1.165, 1.54) is 0 Å². The Bertz CT molecular complexity index is 428. The first-order valence-electron chi connectivity index (χ1n) is 6.17. The van der Waals surface area contributed by atoms with Gasteiger partial charge >= 0.3 is 0 Å². The van der Waals surface area contributed by atoms with Crippen molar-refractivity contribution >= 4 is 5.69 Å². The van der Waals surface area contributed by atoms with Crippen LogP contribution in [0.25, 0.3) is 0 Å². The van der Waals surface area contributed by atoms with Crippen LogP contribution in [0.1, 0.15) is 18.4 Å². The average molecular weight is 250 g/mol. The number of nitrogens with zero attached hydrogens (tertiary/aromatic N) is 1. The lowest BCUT2D eigenvalue weighted by molar-refractivity contribution is -0.385. The van der Waals surface area contributed by atoms with E-state index in [-0.39, 0.29) is 16.0 Å². The van der Waals surface area contributed by atoms with Gasteiger partial charge in [0.1, 0.15) is 0 Å². The second-order valence-corrected chi connectivity index (χ2v) is 4.89. The fourth-order valence-electron chi connectivity index (χ4n) is 2.41. The van der Waals surface area contributed by atoms with E-state index in [0.29, 0.717) is 19.6 Å². The highest BCUT2D eigenvalue weighted by Crippen LogP contribution is 2.33. The fourth-order valence-corrected chi connectivity index (χ4v) is 2.41. The monoisotopic (exact) mass is 250 g/mol. The standard InChI is InChI=1S/C13H18N2O3/c14-9-13(7-8-18-10-13)6-5-11-3-1-2-4-12(11)15(16)17/h1-4H,5-10,14H2. The number of benzene rings is 1. The molecule has 0 radical (unpaired) electrons. The predicted molar refractivity (Wildman–Crippen MR) is 68.3 cm³/mol. The molecule has 1 heterocycles. The molecular weight excluding hydrogens is 232 g/mol. The molecule has 2 N–H and O–H groups in total. The van der Waals surface area contributed by atoms with Crippen molar-refractivity contribution in [3.05, 3.63) is 39.9 Å². The maximum Gasteiger partial charge on any atom is 0.272 e. The third kappa shape index (κ3) is 2.68. The summed E-state index contributed by atoms with van der Waals surface area (Å²) < 4.78 is 5.40. The van der Waals surface area contributed by atoms with Crippen LogP contribution < -0.4 is 5.73 Å². The van der Waals surface area contributed by atoms with E-state index in [4.69, 9.17) is 10.5 Å². The van der Waals surface area contributed by atoms with Gasteiger partial charge in [0.2, 0.25) is 0 Å². The molecule has 98 valence electrons. The van der Waals surface area contributed by atoms with Crippen LogP contribution in [-0.4, -0.2) is 24.7 Å². The molecule has 0 spiro atoms. The summed E-state index contributed by atoms with van der Waals surface area (Å²) in [5.74, 6) is 0. The fraction of sp³-hybridized carbons (Fsp3) is 0.538. The Morgan fingerprint density at radius 1 is 1.44 bits per heavy atom. The average Bonchev–Trinajstić information content (AvgIpc) is 2.86. The van der Waals surface area contributed by atoms with Crippen LogP contribution >= 0.6 is 0 Å². The third-order valence-corrected chi connectivity index (χ3v) is 3.73. The van der Waals surface area contributed by atoms with Gasteiger partial charge < -0.3 is 10.5 Å². The number of nitro groups is 1. The van der Waals surface area contributed by atoms with Crippen LogP contribution in [0.4, 0.5) is 5.69 Å². The summed E-state index contributed by atoms with van der Waals surface area (Å²) in [5.41, 5.74) is 6.80. The highest BCUT2D eigenvalue weighted by molar-refractivity contribution is 5.39. The number of hydrogen-bond acceptors (Lipinski definition) is 4. The summed E-state index contributed by atoms with van der Waals surface area (Å²) in [6.45, 7) is 1.99. The Labute approximate surface area is 106 Å². The second kappa shape index (κ2) is 5.46. The Hall–Kier alpha value is -1.46. The van der Waals surface area contributed by atoms with Gasteiger partial charge in [0, 0.05) is 30.2 Å². The quantitative estimate of drug-likeness (QED) is 0.639. The molecule has 0 saturated carbocycles. The summed E-state index contributed by atoms with van der Waals surface area (Å²) in [7, 11) is 0.